The molecule has 0 N–H and O–H groups in total. The average Bonchev–Trinajstić information content (AvgIpc) is 3.19. The minimum atomic E-state index is -0.423. The highest BCUT2D eigenvalue weighted by Gasteiger charge is 2.40. The first-order valence-electron chi connectivity index (χ1n) is 10.1. The SMILES string of the molecule is COc1cc2c(cc1OC)CN(CCC(=O)N1CCC3(CC1)OCCO3)CC2. The zero-order valence-corrected chi connectivity index (χ0v) is 16.9. The highest BCUT2D eigenvalue weighted by atomic mass is 16.7. The Bertz CT molecular complexity index is 707. The second kappa shape index (κ2) is 8.27. The van der Waals surface area contributed by atoms with Gasteiger partial charge < -0.3 is 23.8 Å². The maximum absolute atomic E-state index is 12.7. The molecule has 0 aromatic heterocycles. The second-order valence-electron chi connectivity index (χ2n) is 7.74. The first-order chi connectivity index (χ1) is 13.6. The number of carbonyl (C=O) groups is 1. The molecule has 1 amide bonds. The third-order valence-electron chi connectivity index (χ3n) is 6.13. The summed E-state index contributed by atoms with van der Waals surface area (Å²) >= 11 is 0. The van der Waals surface area contributed by atoms with E-state index in [-0.39, 0.29) is 5.91 Å². The van der Waals surface area contributed by atoms with Crippen LogP contribution in [0.25, 0.3) is 0 Å². The van der Waals surface area contributed by atoms with E-state index in [1.165, 1.54) is 11.1 Å². The van der Waals surface area contributed by atoms with E-state index < -0.39 is 5.79 Å². The number of benzene rings is 1. The van der Waals surface area contributed by atoms with Crippen molar-refractivity contribution in [1.29, 1.82) is 0 Å². The molecule has 1 aromatic carbocycles. The average molecular weight is 390 g/mol. The molecular formula is C21H30N2O5. The molecule has 2 saturated heterocycles. The molecule has 0 bridgehead atoms. The van der Waals surface area contributed by atoms with Crippen molar-refractivity contribution in [2.24, 2.45) is 0 Å². The largest absolute Gasteiger partial charge is 0.493 e. The topological polar surface area (TPSA) is 60.5 Å². The highest BCUT2D eigenvalue weighted by molar-refractivity contribution is 5.76. The molecule has 0 radical (unpaired) electrons. The summed E-state index contributed by atoms with van der Waals surface area (Å²) in [5, 5.41) is 0. The van der Waals surface area contributed by atoms with Gasteiger partial charge in [-0.3, -0.25) is 9.69 Å². The maximum atomic E-state index is 12.7. The third kappa shape index (κ3) is 3.97. The van der Waals surface area contributed by atoms with Gasteiger partial charge in [0.25, 0.3) is 0 Å². The van der Waals surface area contributed by atoms with E-state index in [0.717, 1.165) is 63.5 Å². The van der Waals surface area contributed by atoms with Crippen LogP contribution in [0.2, 0.25) is 0 Å². The molecule has 3 aliphatic heterocycles. The molecular weight excluding hydrogens is 360 g/mol. The standard InChI is InChI=1S/C21H30N2O5/c1-25-18-13-16-3-7-22(15-17(16)14-19(18)26-2)8-4-20(24)23-9-5-21(6-10-23)27-11-12-28-21/h13-14H,3-12,15H2,1-2H3. The van der Waals surface area contributed by atoms with Crippen molar-refractivity contribution in [2.45, 2.75) is 38.0 Å². The van der Waals surface area contributed by atoms with E-state index in [9.17, 15) is 4.79 Å². The lowest BCUT2D eigenvalue weighted by molar-refractivity contribution is -0.187. The number of hydrogen-bond donors (Lipinski definition) is 0. The van der Waals surface area contributed by atoms with Crippen LogP contribution in [0.1, 0.15) is 30.4 Å². The number of likely N-dealkylation sites (tertiary alicyclic amines) is 1. The van der Waals surface area contributed by atoms with Gasteiger partial charge in [0.05, 0.1) is 27.4 Å². The highest BCUT2D eigenvalue weighted by Crippen LogP contribution is 2.34. The van der Waals surface area contributed by atoms with Crippen molar-refractivity contribution < 1.29 is 23.7 Å². The van der Waals surface area contributed by atoms with Crippen LogP contribution in [-0.4, -0.2) is 75.1 Å². The number of rotatable bonds is 5. The Balaban J connectivity index is 1.28. The molecule has 28 heavy (non-hydrogen) atoms. The predicted octanol–water partition coefficient (Wildman–Crippen LogP) is 1.82. The zero-order chi connectivity index (χ0) is 19.6. The smallest absolute Gasteiger partial charge is 0.223 e. The maximum Gasteiger partial charge on any atom is 0.223 e. The molecule has 1 spiro atoms. The minimum Gasteiger partial charge on any atom is -0.493 e. The van der Waals surface area contributed by atoms with Crippen LogP contribution in [0, 0.1) is 0 Å². The number of ether oxygens (including phenoxy) is 4. The van der Waals surface area contributed by atoms with Crippen LogP contribution < -0.4 is 9.47 Å². The van der Waals surface area contributed by atoms with Crippen LogP contribution in [-0.2, 0) is 27.2 Å². The summed E-state index contributed by atoms with van der Waals surface area (Å²) in [5.41, 5.74) is 2.56. The summed E-state index contributed by atoms with van der Waals surface area (Å²) in [7, 11) is 3.33. The molecule has 4 rings (SSSR count). The Morgan fingerprint density at radius 1 is 1.04 bits per heavy atom. The van der Waals surface area contributed by atoms with Gasteiger partial charge in [0.15, 0.2) is 17.3 Å². The summed E-state index contributed by atoms with van der Waals surface area (Å²) in [6.45, 7) is 5.36. The van der Waals surface area contributed by atoms with Crippen molar-refractivity contribution >= 4 is 5.91 Å². The second-order valence-corrected chi connectivity index (χ2v) is 7.74. The van der Waals surface area contributed by atoms with Crippen molar-refractivity contribution in [3.63, 3.8) is 0 Å². The Kier molecular flexibility index (Phi) is 5.75. The summed E-state index contributed by atoms with van der Waals surface area (Å²) in [5.74, 6) is 1.35. The number of hydrogen-bond acceptors (Lipinski definition) is 6. The fourth-order valence-corrected chi connectivity index (χ4v) is 4.43. The van der Waals surface area contributed by atoms with E-state index >= 15 is 0 Å². The number of carbonyl (C=O) groups excluding carboxylic acids is 1. The van der Waals surface area contributed by atoms with Crippen LogP contribution in [0.5, 0.6) is 11.5 Å². The van der Waals surface area contributed by atoms with Crippen molar-refractivity contribution in [3.8, 4) is 11.5 Å². The van der Waals surface area contributed by atoms with E-state index in [1.807, 2.05) is 4.90 Å². The van der Waals surface area contributed by atoms with E-state index in [0.29, 0.717) is 19.6 Å². The third-order valence-corrected chi connectivity index (χ3v) is 6.13. The number of nitrogens with zero attached hydrogens (tertiary/aromatic N) is 2. The van der Waals surface area contributed by atoms with E-state index in [2.05, 4.69) is 17.0 Å². The molecule has 1 aromatic rings. The quantitative estimate of drug-likeness (QED) is 0.764. The van der Waals surface area contributed by atoms with Gasteiger partial charge in [-0.05, 0) is 29.7 Å². The van der Waals surface area contributed by atoms with Gasteiger partial charge in [-0.25, -0.2) is 0 Å². The Labute approximate surface area is 166 Å². The molecule has 154 valence electrons. The first-order valence-corrected chi connectivity index (χ1v) is 10.1. The van der Waals surface area contributed by atoms with Crippen LogP contribution in [0.4, 0.5) is 0 Å². The van der Waals surface area contributed by atoms with Crippen LogP contribution in [0.3, 0.4) is 0 Å². The normalized spacial score (nSPS) is 21.6. The monoisotopic (exact) mass is 390 g/mol. The molecule has 0 unspecified atom stereocenters. The van der Waals surface area contributed by atoms with Crippen molar-refractivity contribution in [3.05, 3.63) is 23.3 Å². The van der Waals surface area contributed by atoms with Gasteiger partial charge in [-0.2, -0.15) is 0 Å². The lowest BCUT2D eigenvalue weighted by Gasteiger charge is -2.38. The van der Waals surface area contributed by atoms with Gasteiger partial charge >= 0.3 is 0 Å². The molecule has 3 heterocycles. The summed E-state index contributed by atoms with van der Waals surface area (Å²) in [4.78, 5) is 17.0. The van der Waals surface area contributed by atoms with Crippen LogP contribution in [0.15, 0.2) is 12.1 Å². The molecule has 7 nitrogen and oxygen atoms in total. The summed E-state index contributed by atoms with van der Waals surface area (Å²) in [6.07, 6.45) is 3.07. The molecule has 3 aliphatic rings. The number of piperidine rings is 1. The Morgan fingerprint density at radius 3 is 2.32 bits per heavy atom. The Morgan fingerprint density at radius 2 is 1.68 bits per heavy atom. The lowest BCUT2D eigenvalue weighted by atomic mass is 9.98. The zero-order valence-electron chi connectivity index (χ0n) is 16.9. The lowest BCUT2D eigenvalue weighted by Crippen LogP contribution is -2.47. The molecule has 2 fully saturated rings. The fourth-order valence-electron chi connectivity index (χ4n) is 4.43. The van der Waals surface area contributed by atoms with Gasteiger partial charge in [0, 0.05) is 52.0 Å². The minimum absolute atomic E-state index is 0.228. The predicted molar refractivity (Wildman–Crippen MR) is 104 cm³/mol. The van der Waals surface area contributed by atoms with Crippen LogP contribution >= 0.6 is 0 Å². The fraction of sp³-hybridized carbons (Fsp3) is 0.667. The number of methoxy groups -OCH3 is 2. The number of fused-ring (bicyclic) bond motifs is 1. The van der Waals surface area contributed by atoms with Gasteiger partial charge in [0.2, 0.25) is 5.91 Å². The first kappa shape index (κ1) is 19.5. The molecule has 0 saturated carbocycles. The van der Waals surface area contributed by atoms with Gasteiger partial charge in [-0.1, -0.05) is 0 Å². The van der Waals surface area contributed by atoms with Crippen molar-refractivity contribution in [2.75, 3.05) is 53.6 Å². The summed E-state index contributed by atoms with van der Waals surface area (Å²) in [6, 6.07) is 4.14. The van der Waals surface area contributed by atoms with E-state index in [1.54, 1.807) is 14.2 Å². The Hall–Kier alpha value is -1.83. The van der Waals surface area contributed by atoms with Gasteiger partial charge in [-0.15, -0.1) is 0 Å². The molecule has 0 aliphatic carbocycles. The van der Waals surface area contributed by atoms with E-state index in [4.69, 9.17) is 18.9 Å². The molecule has 7 heteroatoms. The van der Waals surface area contributed by atoms with Crippen molar-refractivity contribution in [1.82, 2.24) is 9.80 Å². The van der Waals surface area contributed by atoms with Gasteiger partial charge in [0.1, 0.15) is 0 Å². The summed E-state index contributed by atoms with van der Waals surface area (Å²) < 4.78 is 22.3. The number of amides is 1. The molecule has 0 atom stereocenters.